The van der Waals surface area contributed by atoms with Crippen molar-refractivity contribution in [2.75, 3.05) is 27.4 Å². The Morgan fingerprint density at radius 1 is 1.20 bits per heavy atom. The van der Waals surface area contributed by atoms with Gasteiger partial charge in [-0.25, -0.2) is 0 Å². The average Bonchev–Trinajstić information content (AvgIpc) is 3.02. The molecule has 0 spiro atoms. The molecule has 2 rings (SSSR count). The van der Waals surface area contributed by atoms with Gasteiger partial charge in [-0.15, -0.1) is 0 Å². The highest BCUT2D eigenvalue weighted by atomic mass is 16.5. The van der Waals surface area contributed by atoms with Crippen molar-refractivity contribution in [1.29, 1.82) is 0 Å². The number of hydrogen-bond donors (Lipinski definition) is 2. The molecule has 0 unspecified atom stereocenters. The van der Waals surface area contributed by atoms with E-state index in [0.29, 0.717) is 26.3 Å². The van der Waals surface area contributed by atoms with Crippen LogP contribution < -0.4 is 15.4 Å². The molecule has 0 saturated heterocycles. The Labute approximate surface area is 149 Å². The van der Waals surface area contributed by atoms with Crippen LogP contribution in [0.2, 0.25) is 0 Å². The minimum atomic E-state index is 0.528. The second-order valence-corrected chi connectivity index (χ2v) is 5.68. The fourth-order valence-corrected chi connectivity index (χ4v) is 2.33. The molecule has 0 aliphatic rings. The molecule has 7 heteroatoms. The summed E-state index contributed by atoms with van der Waals surface area (Å²) in [5, 5.41) is 10.8. The van der Waals surface area contributed by atoms with Crippen LogP contribution in [0.4, 0.5) is 0 Å². The van der Waals surface area contributed by atoms with E-state index in [-0.39, 0.29) is 0 Å². The van der Waals surface area contributed by atoms with E-state index < -0.39 is 0 Å². The first-order valence-electron chi connectivity index (χ1n) is 8.26. The summed E-state index contributed by atoms with van der Waals surface area (Å²) in [4.78, 5) is 4.26. The van der Waals surface area contributed by atoms with Crippen LogP contribution in [0.5, 0.6) is 5.75 Å². The number of guanidine groups is 1. The fourth-order valence-electron chi connectivity index (χ4n) is 2.33. The van der Waals surface area contributed by atoms with E-state index in [0.717, 1.165) is 28.5 Å². The van der Waals surface area contributed by atoms with E-state index in [9.17, 15) is 0 Å². The molecule has 7 nitrogen and oxygen atoms in total. The Morgan fingerprint density at radius 3 is 2.68 bits per heavy atom. The lowest BCUT2D eigenvalue weighted by Crippen LogP contribution is -2.36. The summed E-state index contributed by atoms with van der Waals surface area (Å²) in [7, 11) is 5.34. The van der Waals surface area contributed by atoms with Gasteiger partial charge in [0.25, 0.3) is 0 Å². The van der Waals surface area contributed by atoms with Crippen LogP contribution in [0, 0.1) is 6.92 Å². The van der Waals surface area contributed by atoms with Crippen molar-refractivity contribution >= 4 is 5.96 Å². The summed E-state index contributed by atoms with van der Waals surface area (Å²) < 4.78 is 12.7. The number of aryl methyl sites for hydroxylation is 2. The van der Waals surface area contributed by atoms with Crippen LogP contribution in [0.1, 0.15) is 16.8 Å². The zero-order valence-electron chi connectivity index (χ0n) is 15.4. The van der Waals surface area contributed by atoms with Gasteiger partial charge in [0, 0.05) is 39.5 Å². The van der Waals surface area contributed by atoms with Crippen LogP contribution >= 0.6 is 0 Å². The van der Waals surface area contributed by atoms with Crippen molar-refractivity contribution in [2.24, 2.45) is 12.0 Å². The molecule has 25 heavy (non-hydrogen) atoms. The molecule has 0 bridgehead atoms. The van der Waals surface area contributed by atoms with Gasteiger partial charge in [0.05, 0.1) is 18.8 Å². The van der Waals surface area contributed by atoms with Gasteiger partial charge in [0.1, 0.15) is 12.4 Å². The Balaban J connectivity index is 1.93. The highest BCUT2D eigenvalue weighted by Gasteiger charge is 2.07. The first-order valence-corrected chi connectivity index (χ1v) is 8.26. The highest BCUT2D eigenvalue weighted by molar-refractivity contribution is 5.79. The van der Waals surface area contributed by atoms with Gasteiger partial charge in [0.2, 0.25) is 0 Å². The SMILES string of the molecule is CN=C(NCc1ccc(C)cc1OCCOC)NCc1ccnn1C. The number of aliphatic imine (C=N–C) groups is 1. The average molecular weight is 345 g/mol. The molecule has 0 fully saturated rings. The molecule has 1 aromatic heterocycles. The highest BCUT2D eigenvalue weighted by Crippen LogP contribution is 2.20. The third kappa shape index (κ3) is 5.79. The first-order chi connectivity index (χ1) is 12.1. The molecule has 0 atom stereocenters. The second-order valence-electron chi connectivity index (χ2n) is 5.68. The Morgan fingerprint density at radius 2 is 2.00 bits per heavy atom. The van der Waals surface area contributed by atoms with Crippen molar-refractivity contribution in [2.45, 2.75) is 20.0 Å². The van der Waals surface area contributed by atoms with Gasteiger partial charge in [-0.1, -0.05) is 12.1 Å². The quantitative estimate of drug-likeness (QED) is 0.432. The molecule has 2 N–H and O–H groups in total. The number of methoxy groups -OCH3 is 1. The number of rotatable bonds is 8. The van der Waals surface area contributed by atoms with Crippen LogP contribution in [0.25, 0.3) is 0 Å². The van der Waals surface area contributed by atoms with Crippen molar-refractivity contribution in [3.05, 3.63) is 47.3 Å². The summed E-state index contributed by atoms with van der Waals surface area (Å²) in [6.45, 7) is 4.42. The Hall–Kier alpha value is -2.54. The van der Waals surface area contributed by atoms with Crippen molar-refractivity contribution in [3.63, 3.8) is 0 Å². The van der Waals surface area contributed by atoms with Crippen LogP contribution in [-0.4, -0.2) is 43.1 Å². The predicted molar refractivity (Wildman–Crippen MR) is 98.8 cm³/mol. The van der Waals surface area contributed by atoms with E-state index in [4.69, 9.17) is 9.47 Å². The largest absolute Gasteiger partial charge is 0.491 e. The summed E-state index contributed by atoms with van der Waals surface area (Å²) in [5.74, 6) is 1.59. The topological polar surface area (TPSA) is 72.7 Å². The maximum atomic E-state index is 5.82. The summed E-state index contributed by atoms with van der Waals surface area (Å²) in [5.41, 5.74) is 3.32. The Bertz CT molecular complexity index is 697. The number of aromatic nitrogens is 2. The van der Waals surface area contributed by atoms with Crippen molar-refractivity contribution in [1.82, 2.24) is 20.4 Å². The number of nitrogens with zero attached hydrogens (tertiary/aromatic N) is 3. The second kappa shape index (κ2) is 9.68. The van der Waals surface area contributed by atoms with Gasteiger partial charge in [0.15, 0.2) is 5.96 Å². The third-order valence-electron chi connectivity index (χ3n) is 3.80. The zero-order valence-corrected chi connectivity index (χ0v) is 15.4. The number of benzene rings is 1. The lowest BCUT2D eigenvalue weighted by molar-refractivity contribution is 0.145. The molecule has 1 aromatic carbocycles. The summed E-state index contributed by atoms with van der Waals surface area (Å²) in [6.07, 6.45) is 1.78. The van der Waals surface area contributed by atoms with Crippen LogP contribution in [0.3, 0.4) is 0 Å². The zero-order chi connectivity index (χ0) is 18.1. The fraction of sp³-hybridized carbons (Fsp3) is 0.444. The van der Waals surface area contributed by atoms with Gasteiger partial charge < -0.3 is 20.1 Å². The van der Waals surface area contributed by atoms with E-state index in [1.165, 1.54) is 0 Å². The standard InChI is InChI=1S/C18H27N5O2/c1-14-5-6-15(17(11-14)25-10-9-24-4)12-20-18(19-2)21-13-16-7-8-22-23(16)3/h5-8,11H,9-10,12-13H2,1-4H3,(H2,19,20,21). The lowest BCUT2D eigenvalue weighted by Gasteiger charge is -2.15. The van der Waals surface area contributed by atoms with Gasteiger partial charge >= 0.3 is 0 Å². The lowest BCUT2D eigenvalue weighted by atomic mass is 10.1. The smallest absolute Gasteiger partial charge is 0.191 e. The molecule has 2 aromatic rings. The number of nitrogens with one attached hydrogen (secondary N) is 2. The molecule has 136 valence electrons. The summed E-state index contributed by atoms with van der Waals surface area (Å²) >= 11 is 0. The third-order valence-corrected chi connectivity index (χ3v) is 3.80. The van der Waals surface area contributed by atoms with E-state index >= 15 is 0 Å². The maximum Gasteiger partial charge on any atom is 0.191 e. The van der Waals surface area contributed by atoms with E-state index in [2.05, 4.69) is 39.8 Å². The molecular weight excluding hydrogens is 318 g/mol. The molecule has 0 amide bonds. The van der Waals surface area contributed by atoms with Gasteiger partial charge in [-0.05, 0) is 24.6 Å². The molecular formula is C18H27N5O2. The van der Waals surface area contributed by atoms with Crippen molar-refractivity contribution in [3.8, 4) is 5.75 Å². The molecule has 0 aliphatic heterocycles. The normalized spacial score (nSPS) is 11.4. The van der Waals surface area contributed by atoms with E-state index in [1.807, 2.05) is 23.9 Å². The monoisotopic (exact) mass is 345 g/mol. The molecule has 0 radical (unpaired) electrons. The molecule has 0 saturated carbocycles. The van der Waals surface area contributed by atoms with Crippen molar-refractivity contribution < 1.29 is 9.47 Å². The first kappa shape index (κ1) is 18.8. The van der Waals surface area contributed by atoms with Crippen LogP contribution in [0.15, 0.2) is 35.5 Å². The minimum Gasteiger partial charge on any atom is -0.491 e. The predicted octanol–water partition coefficient (Wildman–Crippen LogP) is 1.62. The number of ether oxygens (including phenoxy) is 2. The maximum absolute atomic E-state index is 5.82. The van der Waals surface area contributed by atoms with Gasteiger partial charge in [-0.2, -0.15) is 5.10 Å². The molecule has 0 aliphatic carbocycles. The number of hydrogen-bond acceptors (Lipinski definition) is 4. The summed E-state index contributed by atoms with van der Waals surface area (Å²) in [6, 6.07) is 8.16. The van der Waals surface area contributed by atoms with Gasteiger partial charge in [-0.3, -0.25) is 9.67 Å². The van der Waals surface area contributed by atoms with Crippen LogP contribution in [-0.2, 0) is 24.9 Å². The van der Waals surface area contributed by atoms with E-state index in [1.54, 1.807) is 20.4 Å². The minimum absolute atomic E-state index is 0.528. The Kier molecular flexibility index (Phi) is 7.28. The molecule has 1 heterocycles.